The molecule has 118 valence electrons. The second kappa shape index (κ2) is 7.28. The fourth-order valence-electron chi connectivity index (χ4n) is 1.37. The fraction of sp³-hybridized carbons (Fsp3) is 0.556. The molecule has 0 fully saturated rings. The Balaban J connectivity index is 3.04. The molecule has 0 aliphatic heterocycles. The normalized spacial score (nSPS) is 12.6. The summed E-state index contributed by atoms with van der Waals surface area (Å²) in [6, 6.07) is 0. The maximum Gasteiger partial charge on any atom is 0.272 e. The highest BCUT2D eigenvalue weighted by Gasteiger charge is 2.29. The lowest BCUT2D eigenvalue weighted by Gasteiger charge is -2.18. The van der Waals surface area contributed by atoms with Crippen molar-refractivity contribution in [2.45, 2.75) is 24.6 Å². The fourth-order valence-corrected chi connectivity index (χ4v) is 3.96. The number of aromatic nitrogens is 2. The van der Waals surface area contributed by atoms with Crippen molar-refractivity contribution in [1.82, 2.24) is 14.5 Å². The van der Waals surface area contributed by atoms with E-state index < -0.39 is 10.0 Å². The Morgan fingerprint density at radius 1 is 1.52 bits per heavy atom. The molecule has 1 amide bonds. The number of carbonyl (C=O) groups excluding carboxylic acids is 1. The van der Waals surface area contributed by atoms with Gasteiger partial charge in [0.05, 0.1) is 6.54 Å². The van der Waals surface area contributed by atoms with Gasteiger partial charge in [-0.3, -0.25) is 4.79 Å². The monoisotopic (exact) mass is 336 g/mol. The zero-order chi connectivity index (χ0) is 16.0. The molecule has 0 radical (unpaired) electrons. The van der Waals surface area contributed by atoms with E-state index in [1.54, 1.807) is 6.92 Å². The van der Waals surface area contributed by atoms with Crippen molar-refractivity contribution in [3.8, 4) is 0 Å². The molecule has 0 aromatic carbocycles. The SMILES string of the molecule is CCCN(CC(N)=NO)S(=O)(=O)c1nnc(NC(C)=O)s1. The van der Waals surface area contributed by atoms with Crippen LogP contribution < -0.4 is 11.1 Å². The largest absolute Gasteiger partial charge is 0.409 e. The van der Waals surface area contributed by atoms with E-state index in [1.165, 1.54) is 6.92 Å². The number of amides is 1. The molecule has 1 heterocycles. The van der Waals surface area contributed by atoms with Crippen molar-refractivity contribution in [1.29, 1.82) is 0 Å². The smallest absolute Gasteiger partial charge is 0.272 e. The number of oxime groups is 1. The zero-order valence-corrected chi connectivity index (χ0v) is 13.1. The summed E-state index contributed by atoms with van der Waals surface area (Å²) in [5.74, 6) is -0.615. The lowest BCUT2D eigenvalue weighted by atomic mass is 10.4. The average molecular weight is 336 g/mol. The summed E-state index contributed by atoms with van der Waals surface area (Å²) < 4.78 is 25.6. The van der Waals surface area contributed by atoms with Crippen LogP contribution in [0, 0.1) is 0 Å². The van der Waals surface area contributed by atoms with Crippen molar-refractivity contribution in [3.05, 3.63) is 0 Å². The van der Waals surface area contributed by atoms with Gasteiger partial charge in [-0.2, -0.15) is 4.31 Å². The third-order valence-corrected chi connectivity index (χ3v) is 5.22. The second-order valence-corrected chi connectivity index (χ2v) is 7.07. The summed E-state index contributed by atoms with van der Waals surface area (Å²) in [7, 11) is -3.93. The first-order chi connectivity index (χ1) is 9.81. The molecule has 12 heteroatoms. The van der Waals surface area contributed by atoms with Crippen LogP contribution >= 0.6 is 11.3 Å². The van der Waals surface area contributed by atoms with Crippen LogP contribution in [-0.4, -0.2) is 53.0 Å². The third-order valence-electron chi connectivity index (χ3n) is 2.19. The lowest BCUT2D eigenvalue weighted by molar-refractivity contribution is -0.114. The van der Waals surface area contributed by atoms with Crippen LogP contribution in [0.2, 0.25) is 0 Å². The van der Waals surface area contributed by atoms with Gasteiger partial charge >= 0.3 is 0 Å². The number of amidine groups is 1. The van der Waals surface area contributed by atoms with E-state index >= 15 is 0 Å². The Bertz CT molecular complexity index is 626. The van der Waals surface area contributed by atoms with E-state index in [2.05, 4.69) is 20.7 Å². The van der Waals surface area contributed by atoms with Crippen LogP contribution in [0.3, 0.4) is 0 Å². The van der Waals surface area contributed by atoms with Gasteiger partial charge in [0.1, 0.15) is 0 Å². The highest BCUT2D eigenvalue weighted by molar-refractivity contribution is 7.91. The van der Waals surface area contributed by atoms with Crippen molar-refractivity contribution in [2.75, 3.05) is 18.4 Å². The van der Waals surface area contributed by atoms with E-state index in [9.17, 15) is 13.2 Å². The first-order valence-corrected chi connectivity index (χ1v) is 8.14. The van der Waals surface area contributed by atoms with Gasteiger partial charge in [0.2, 0.25) is 15.4 Å². The minimum absolute atomic E-state index is 0.0846. The third kappa shape index (κ3) is 4.61. The number of hydrogen-bond donors (Lipinski definition) is 3. The predicted octanol–water partition coefficient (Wildman–Crippen LogP) is -0.356. The van der Waals surface area contributed by atoms with Crippen LogP contribution in [0.5, 0.6) is 0 Å². The highest BCUT2D eigenvalue weighted by atomic mass is 32.2. The molecule has 0 saturated heterocycles. The quantitative estimate of drug-likeness (QED) is 0.202. The number of nitrogens with zero attached hydrogens (tertiary/aromatic N) is 4. The summed E-state index contributed by atoms with van der Waals surface area (Å²) in [5.41, 5.74) is 5.35. The second-order valence-electron chi connectivity index (χ2n) is 3.98. The molecule has 1 aromatic rings. The van der Waals surface area contributed by atoms with Crippen molar-refractivity contribution in [3.63, 3.8) is 0 Å². The van der Waals surface area contributed by atoms with Gasteiger partial charge in [0.15, 0.2) is 5.84 Å². The zero-order valence-electron chi connectivity index (χ0n) is 11.5. The van der Waals surface area contributed by atoms with E-state index in [1.807, 2.05) is 0 Å². The predicted molar refractivity (Wildman–Crippen MR) is 76.7 cm³/mol. The molecule has 21 heavy (non-hydrogen) atoms. The first-order valence-electron chi connectivity index (χ1n) is 5.89. The highest BCUT2D eigenvalue weighted by Crippen LogP contribution is 2.23. The molecular weight excluding hydrogens is 320 g/mol. The van der Waals surface area contributed by atoms with Crippen LogP contribution in [0.1, 0.15) is 20.3 Å². The van der Waals surface area contributed by atoms with Crippen LogP contribution in [0.15, 0.2) is 9.50 Å². The lowest BCUT2D eigenvalue weighted by Crippen LogP contribution is -2.39. The minimum atomic E-state index is -3.93. The van der Waals surface area contributed by atoms with Crippen molar-refractivity contribution in [2.24, 2.45) is 10.9 Å². The Kier molecular flexibility index (Phi) is 5.99. The molecule has 0 saturated carbocycles. The van der Waals surface area contributed by atoms with Crippen molar-refractivity contribution >= 4 is 38.2 Å². The Morgan fingerprint density at radius 2 is 2.19 bits per heavy atom. The van der Waals surface area contributed by atoms with Gasteiger partial charge in [-0.1, -0.05) is 23.4 Å². The van der Waals surface area contributed by atoms with E-state index in [-0.39, 0.29) is 34.3 Å². The summed E-state index contributed by atoms with van der Waals surface area (Å²) in [5, 5.41) is 20.9. The molecule has 1 aromatic heterocycles. The van der Waals surface area contributed by atoms with Gasteiger partial charge in [-0.05, 0) is 6.42 Å². The minimum Gasteiger partial charge on any atom is -0.409 e. The molecule has 0 aliphatic rings. The average Bonchev–Trinajstić information content (AvgIpc) is 2.86. The summed E-state index contributed by atoms with van der Waals surface area (Å²) in [4.78, 5) is 10.9. The summed E-state index contributed by atoms with van der Waals surface area (Å²) >= 11 is 0.730. The van der Waals surface area contributed by atoms with Gasteiger partial charge in [-0.25, -0.2) is 8.42 Å². The number of nitrogens with two attached hydrogens (primary N) is 1. The summed E-state index contributed by atoms with van der Waals surface area (Å²) in [6.07, 6.45) is 0.537. The molecule has 0 aliphatic carbocycles. The van der Waals surface area contributed by atoms with Gasteiger partial charge in [0, 0.05) is 13.5 Å². The van der Waals surface area contributed by atoms with E-state index in [4.69, 9.17) is 10.9 Å². The molecule has 0 atom stereocenters. The Morgan fingerprint density at radius 3 is 2.71 bits per heavy atom. The standard InChI is InChI=1S/C9H16N6O4S2/c1-3-4-15(5-7(10)14-17)21(18,19)9-13-12-8(20-9)11-6(2)16/h17H,3-5H2,1-2H3,(H2,10,14)(H,11,12,16). The number of rotatable bonds is 7. The maximum absolute atomic E-state index is 12.4. The Hall–Kier alpha value is -1.79. The van der Waals surface area contributed by atoms with E-state index in [0.29, 0.717) is 6.42 Å². The van der Waals surface area contributed by atoms with Gasteiger partial charge in [-0.15, -0.1) is 10.2 Å². The van der Waals surface area contributed by atoms with Gasteiger partial charge < -0.3 is 16.3 Å². The number of nitrogens with one attached hydrogen (secondary N) is 1. The molecule has 0 bridgehead atoms. The van der Waals surface area contributed by atoms with E-state index in [0.717, 1.165) is 15.6 Å². The molecule has 1 rings (SSSR count). The number of anilines is 1. The topological polar surface area (TPSA) is 151 Å². The molecule has 4 N–H and O–H groups in total. The van der Waals surface area contributed by atoms with Crippen LogP contribution in [0.4, 0.5) is 5.13 Å². The first kappa shape index (κ1) is 17.3. The van der Waals surface area contributed by atoms with Crippen LogP contribution in [-0.2, 0) is 14.8 Å². The molecular formula is C9H16N6O4S2. The Labute approximate surface area is 125 Å². The molecule has 0 spiro atoms. The summed E-state index contributed by atoms with van der Waals surface area (Å²) in [6.45, 7) is 2.98. The number of hydrogen-bond acceptors (Lipinski definition) is 8. The number of carbonyl (C=O) groups is 1. The molecule has 0 unspecified atom stereocenters. The van der Waals surface area contributed by atoms with Crippen molar-refractivity contribution < 1.29 is 18.4 Å². The molecule has 10 nitrogen and oxygen atoms in total. The number of sulfonamides is 1. The van der Waals surface area contributed by atoms with Gasteiger partial charge in [0.25, 0.3) is 10.0 Å². The maximum atomic E-state index is 12.4. The van der Waals surface area contributed by atoms with Crippen LogP contribution in [0.25, 0.3) is 0 Å².